The van der Waals surface area contributed by atoms with Crippen LogP contribution in [-0.4, -0.2) is 37.7 Å². The third kappa shape index (κ3) is 4.80. The predicted molar refractivity (Wildman–Crippen MR) is 107 cm³/mol. The number of thiazole rings is 1. The molecular weight excluding hydrogens is 368 g/mol. The fraction of sp³-hybridized carbons (Fsp3) is 0.412. The number of fused-ring (bicyclic) bond motifs is 1. The highest BCUT2D eigenvalue weighted by atomic mass is 32.2. The van der Waals surface area contributed by atoms with Crippen molar-refractivity contribution in [3.63, 3.8) is 0 Å². The zero-order valence-corrected chi connectivity index (χ0v) is 16.3. The molecule has 7 nitrogen and oxygen atoms in total. The second-order valence-corrected chi connectivity index (χ2v) is 8.34. The monoisotopic (exact) mass is 390 g/mol. The lowest BCUT2D eigenvalue weighted by Crippen LogP contribution is -2.26. The number of hydrogen-bond acceptors (Lipinski definition) is 9. The first-order valence-electron chi connectivity index (χ1n) is 8.38. The second-order valence-electron chi connectivity index (χ2n) is 6.36. The Kier molecular flexibility index (Phi) is 6.23. The van der Waals surface area contributed by atoms with Crippen molar-refractivity contribution < 1.29 is 5.11 Å². The van der Waals surface area contributed by atoms with E-state index in [0.29, 0.717) is 33.4 Å². The smallest absolute Gasteiger partial charge is 0.191 e. The van der Waals surface area contributed by atoms with Crippen molar-refractivity contribution in [3.8, 4) is 0 Å². The minimum Gasteiger partial charge on any atom is -0.394 e. The second kappa shape index (κ2) is 8.61. The Bertz CT molecular complexity index is 855. The van der Waals surface area contributed by atoms with E-state index in [9.17, 15) is 5.11 Å². The highest BCUT2D eigenvalue weighted by Crippen LogP contribution is 2.32. The SMILES string of the molecule is CC(C)C[C@H](CO)Nc1nc(SCc2cccnc2)nc2nc(N)sc12. The number of nitrogens with two attached hydrogens (primary N) is 1. The predicted octanol–water partition coefficient (Wildman–Crippen LogP) is 3.17. The fourth-order valence-corrected chi connectivity index (χ4v) is 4.05. The lowest BCUT2D eigenvalue weighted by atomic mass is 10.0. The quantitative estimate of drug-likeness (QED) is 0.397. The van der Waals surface area contributed by atoms with Gasteiger partial charge in [-0.25, -0.2) is 15.0 Å². The number of aliphatic hydroxyl groups is 1. The third-order valence-corrected chi connectivity index (χ3v) is 5.46. The third-order valence-electron chi connectivity index (χ3n) is 3.66. The fourth-order valence-electron chi connectivity index (χ4n) is 2.56. The first-order chi connectivity index (χ1) is 12.5. The molecule has 0 aliphatic rings. The number of rotatable bonds is 8. The summed E-state index contributed by atoms with van der Waals surface area (Å²) in [4.78, 5) is 17.6. The molecule has 3 aromatic heterocycles. The van der Waals surface area contributed by atoms with Crippen LogP contribution < -0.4 is 11.1 Å². The van der Waals surface area contributed by atoms with Gasteiger partial charge in [-0.2, -0.15) is 0 Å². The average Bonchev–Trinajstić information content (AvgIpc) is 3.00. The maximum atomic E-state index is 9.68. The van der Waals surface area contributed by atoms with Gasteiger partial charge in [-0.3, -0.25) is 4.98 Å². The van der Waals surface area contributed by atoms with Crippen LogP contribution in [0.15, 0.2) is 29.7 Å². The molecule has 3 rings (SSSR count). The molecule has 4 N–H and O–H groups in total. The molecule has 3 heterocycles. The van der Waals surface area contributed by atoms with Gasteiger partial charge in [0.15, 0.2) is 21.8 Å². The van der Waals surface area contributed by atoms with Crippen molar-refractivity contribution in [2.45, 2.75) is 37.2 Å². The molecule has 0 unspecified atom stereocenters. The van der Waals surface area contributed by atoms with Gasteiger partial charge in [0.1, 0.15) is 4.70 Å². The molecule has 0 bridgehead atoms. The van der Waals surface area contributed by atoms with E-state index in [1.807, 2.05) is 18.3 Å². The van der Waals surface area contributed by atoms with E-state index in [2.05, 4.69) is 39.1 Å². The number of thioether (sulfide) groups is 1. The number of hydrogen-bond donors (Lipinski definition) is 3. The van der Waals surface area contributed by atoms with E-state index in [-0.39, 0.29) is 12.6 Å². The minimum absolute atomic E-state index is 0.0378. The van der Waals surface area contributed by atoms with Crippen LogP contribution in [0.25, 0.3) is 10.3 Å². The normalized spacial score (nSPS) is 12.6. The molecule has 0 saturated heterocycles. The van der Waals surface area contributed by atoms with Gasteiger partial charge in [-0.1, -0.05) is 43.0 Å². The van der Waals surface area contributed by atoms with Gasteiger partial charge in [0.2, 0.25) is 0 Å². The Hall–Kier alpha value is -1.97. The molecule has 0 saturated carbocycles. The summed E-state index contributed by atoms with van der Waals surface area (Å²) in [6, 6.07) is 3.85. The van der Waals surface area contributed by atoms with E-state index in [4.69, 9.17) is 5.73 Å². The van der Waals surface area contributed by atoms with Gasteiger partial charge in [0.05, 0.1) is 12.6 Å². The molecular formula is C17H22N6OS2. The first-order valence-corrected chi connectivity index (χ1v) is 10.2. The van der Waals surface area contributed by atoms with Crippen LogP contribution in [0.1, 0.15) is 25.8 Å². The van der Waals surface area contributed by atoms with Crippen LogP contribution in [0.3, 0.4) is 0 Å². The van der Waals surface area contributed by atoms with Crippen molar-refractivity contribution in [1.29, 1.82) is 0 Å². The van der Waals surface area contributed by atoms with Crippen molar-refractivity contribution in [1.82, 2.24) is 19.9 Å². The van der Waals surface area contributed by atoms with Crippen LogP contribution >= 0.6 is 23.1 Å². The Morgan fingerprint density at radius 1 is 1.31 bits per heavy atom. The summed E-state index contributed by atoms with van der Waals surface area (Å²) in [6.45, 7) is 4.29. The zero-order valence-electron chi connectivity index (χ0n) is 14.7. The molecule has 1 atom stereocenters. The summed E-state index contributed by atoms with van der Waals surface area (Å²) in [6.07, 6.45) is 4.42. The van der Waals surface area contributed by atoms with Crippen LogP contribution in [0.5, 0.6) is 0 Å². The van der Waals surface area contributed by atoms with E-state index in [0.717, 1.165) is 16.7 Å². The summed E-state index contributed by atoms with van der Waals surface area (Å²) < 4.78 is 0.815. The van der Waals surface area contributed by atoms with Crippen molar-refractivity contribution in [3.05, 3.63) is 30.1 Å². The van der Waals surface area contributed by atoms with E-state index >= 15 is 0 Å². The van der Waals surface area contributed by atoms with Crippen LogP contribution in [0, 0.1) is 5.92 Å². The number of nitrogens with one attached hydrogen (secondary N) is 1. The van der Waals surface area contributed by atoms with E-state index < -0.39 is 0 Å². The molecule has 3 aromatic rings. The Labute approximate surface area is 160 Å². The van der Waals surface area contributed by atoms with Crippen molar-refractivity contribution in [2.24, 2.45) is 5.92 Å². The van der Waals surface area contributed by atoms with Crippen LogP contribution in [0.4, 0.5) is 10.9 Å². The van der Waals surface area contributed by atoms with Crippen molar-refractivity contribution in [2.75, 3.05) is 17.7 Å². The molecule has 0 aliphatic heterocycles. The van der Waals surface area contributed by atoms with Gasteiger partial charge >= 0.3 is 0 Å². The summed E-state index contributed by atoms with van der Waals surface area (Å²) in [7, 11) is 0. The lowest BCUT2D eigenvalue weighted by Gasteiger charge is -2.19. The summed E-state index contributed by atoms with van der Waals surface area (Å²) in [5.41, 5.74) is 7.55. The molecule has 9 heteroatoms. The number of aliphatic hydroxyl groups excluding tert-OH is 1. The maximum Gasteiger partial charge on any atom is 0.191 e. The molecule has 138 valence electrons. The van der Waals surface area contributed by atoms with Crippen LogP contribution in [-0.2, 0) is 5.75 Å². The van der Waals surface area contributed by atoms with Gasteiger partial charge in [0, 0.05) is 18.1 Å². The first kappa shape index (κ1) is 18.8. The van der Waals surface area contributed by atoms with Gasteiger partial charge in [-0.15, -0.1) is 0 Å². The number of aromatic nitrogens is 4. The largest absolute Gasteiger partial charge is 0.394 e. The number of anilines is 2. The zero-order chi connectivity index (χ0) is 18.5. The highest BCUT2D eigenvalue weighted by molar-refractivity contribution is 7.98. The Balaban J connectivity index is 1.85. The molecule has 0 radical (unpaired) electrons. The Morgan fingerprint density at radius 3 is 2.85 bits per heavy atom. The maximum absolute atomic E-state index is 9.68. The molecule has 0 fully saturated rings. The summed E-state index contributed by atoms with van der Waals surface area (Å²) >= 11 is 2.87. The molecule has 0 aromatic carbocycles. The standard InChI is InChI=1S/C17H22N6OS2/c1-10(2)6-12(8-24)20-14-13-15(21-16(18)26-13)23-17(22-14)25-9-11-4-3-5-19-7-11/h3-5,7,10,12,24H,6,8-9H2,1-2H3,(H3,18,20,21,22,23)/t12-/m1/s1. The average molecular weight is 391 g/mol. The van der Waals surface area contributed by atoms with Crippen LogP contribution in [0.2, 0.25) is 0 Å². The van der Waals surface area contributed by atoms with Gasteiger partial charge < -0.3 is 16.2 Å². The van der Waals surface area contributed by atoms with Gasteiger partial charge in [0.25, 0.3) is 0 Å². The molecule has 0 spiro atoms. The number of nitrogens with zero attached hydrogens (tertiary/aromatic N) is 4. The van der Waals surface area contributed by atoms with E-state index in [1.165, 1.54) is 23.1 Å². The lowest BCUT2D eigenvalue weighted by molar-refractivity contribution is 0.259. The molecule has 0 amide bonds. The molecule has 0 aliphatic carbocycles. The number of nitrogen functional groups attached to an aromatic ring is 1. The topological polar surface area (TPSA) is 110 Å². The minimum atomic E-state index is -0.0763. The Morgan fingerprint density at radius 2 is 2.15 bits per heavy atom. The molecule has 26 heavy (non-hydrogen) atoms. The summed E-state index contributed by atoms with van der Waals surface area (Å²) in [5.74, 6) is 1.86. The number of pyridine rings is 1. The van der Waals surface area contributed by atoms with Crippen molar-refractivity contribution >= 4 is 44.4 Å². The summed E-state index contributed by atoms with van der Waals surface area (Å²) in [5, 5.41) is 14.1. The highest BCUT2D eigenvalue weighted by Gasteiger charge is 2.17. The van der Waals surface area contributed by atoms with Gasteiger partial charge in [-0.05, 0) is 24.0 Å². The van der Waals surface area contributed by atoms with E-state index in [1.54, 1.807) is 6.20 Å².